The molecule has 2 aromatic carbocycles. The van der Waals surface area contributed by atoms with Crippen LogP contribution in [-0.2, 0) is 11.2 Å². The second kappa shape index (κ2) is 11.4. The predicted octanol–water partition coefficient (Wildman–Crippen LogP) is 2.98. The van der Waals surface area contributed by atoms with Crippen molar-refractivity contribution in [2.45, 2.75) is 12.8 Å². The van der Waals surface area contributed by atoms with E-state index in [0.717, 1.165) is 62.0 Å². The lowest BCUT2D eigenvalue weighted by molar-refractivity contribution is -0.134. The fraction of sp³-hybridized carbons (Fsp3) is 0.429. The van der Waals surface area contributed by atoms with Crippen molar-refractivity contribution in [3.05, 3.63) is 71.4 Å². The van der Waals surface area contributed by atoms with Crippen molar-refractivity contribution in [2.24, 2.45) is 0 Å². The van der Waals surface area contributed by atoms with E-state index in [1.54, 1.807) is 17.0 Å². The van der Waals surface area contributed by atoms with Crippen LogP contribution in [0.5, 0.6) is 0 Å². The summed E-state index contributed by atoms with van der Waals surface area (Å²) in [4.78, 5) is 36.9. The molecule has 0 aliphatic carbocycles. The van der Waals surface area contributed by atoms with Crippen LogP contribution in [0.4, 0.5) is 8.78 Å². The quantitative estimate of drug-likeness (QED) is 0.532. The molecule has 37 heavy (non-hydrogen) atoms. The Hall–Kier alpha value is -3.30. The summed E-state index contributed by atoms with van der Waals surface area (Å²) in [5, 5.41) is 0.955. The van der Waals surface area contributed by atoms with Gasteiger partial charge in [-0.05, 0) is 67.4 Å². The number of nitrogens with zero attached hydrogens (tertiary/aromatic N) is 4. The number of hydrogen-bond acceptors (Lipinski definition) is 4. The highest BCUT2D eigenvalue weighted by molar-refractivity contribution is 5.94. The smallest absolute Gasteiger partial charge is 0.253 e. The number of carbonyl (C=O) groups excluding carboxylic acids is 2. The van der Waals surface area contributed by atoms with Gasteiger partial charge in [-0.25, -0.2) is 8.78 Å². The number of aromatic nitrogens is 1. The minimum atomic E-state index is -0.357. The van der Waals surface area contributed by atoms with Crippen LogP contribution in [0, 0.1) is 11.6 Å². The van der Waals surface area contributed by atoms with E-state index in [1.807, 2.05) is 11.1 Å². The Morgan fingerprint density at radius 3 is 2.16 bits per heavy atom. The van der Waals surface area contributed by atoms with Crippen LogP contribution < -0.4 is 0 Å². The molecule has 0 atom stereocenters. The van der Waals surface area contributed by atoms with Crippen LogP contribution in [0.3, 0.4) is 0 Å². The zero-order chi connectivity index (χ0) is 25.8. The van der Waals surface area contributed by atoms with E-state index in [9.17, 15) is 18.4 Å². The Morgan fingerprint density at radius 1 is 0.784 bits per heavy atom. The third kappa shape index (κ3) is 6.17. The van der Waals surface area contributed by atoms with Crippen LogP contribution in [0.15, 0.2) is 48.7 Å². The van der Waals surface area contributed by atoms with Crippen molar-refractivity contribution >= 4 is 22.7 Å². The average Bonchev–Trinajstić information content (AvgIpc) is 3.31. The average molecular weight is 510 g/mol. The molecule has 0 spiro atoms. The van der Waals surface area contributed by atoms with Crippen LogP contribution in [0.2, 0.25) is 0 Å². The predicted molar refractivity (Wildman–Crippen MR) is 138 cm³/mol. The van der Waals surface area contributed by atoms with Crippen LogP contribution in [0.25, 0.3) is 10.9 Å². The van der Waals surface area contributed by atoms with Crippen molar-refractivity contribution in [3.8, 4) is 0 Å². The number of hydrogen-bond donors (Lipinski definition) is 1. The summed E-state index contributed by atoms with van der Waals surface area (Å²) >= 11 is 0. The van der Waals surface area contributed by atoms with E-state index in [2.05, 4.69) is 14.8 Å². The lowest BCUT2D eigenvalue weighted by atomic mass is 10.1. The SMILES string of the molecule is O=C(CN1CCN(C(=O)c2ccc(F)cc2)CC1)N1CCN(CCCc2c[nH]c3ccc(F)cc23)CC1. The molecule has 3 aromatic rings. The summed E-state index contributed by atoms with van der Waals surface area (Å²) in [7, 11) is 0. The number of carbonyl (C=O) groups is 2. The van der Waals surface area contributed by atoms with E-state index < -0.39 is 0 Å². The fourth-order valence-electron chi connectivity index (χ4n) is 5.25. The minimum Gasteiger partial charge on any atom is -0.361 e. The zero-order valence-corrected chi connectivity index (χ0v) is 21.0. The molecule has 5 rings (SSSR count). The molecule has 3 heterocycles. The van der Waals surface area contributed by atoms with Gasteiger partial charge in [0.2, 0.25) is 5.91 Å². The molecule has 196 valence electrons. The first-order valence-electron chi connectivity index (χ1n) is 13.0. The third-order valence-corrected chi connectivity index (χ3v) is 7.48. The molecule has 0 radical (unpaired) electrons. The van der Waals surface area contributed by atoms with Gasteiger partial charge >= 0.3 is 0 Å². The van der Waals surface area contributed by atoms with Crippen molar-refractivity contribution < 1.29 is 18.4 Å². The highest BCUT2D eigenvalue weighted by atomic mass is 19.1. The molecule has 2 fully saturated rings. The molecule has 1 aromatic heterocycles. The molecular formula is C28H33F2N5O2. The number of amides is 2. The van der Waals surface area contributed by atoms with E-state index in [1.165, 1.54) is 30.3 Å². The molecule has 1 N–H and O–H groups in total. The molecule has 0 saturated carbocycles. The number of rotatable bonds is 7. The summed E-state index contributed by atoms with van der Waals surface area (Å²) in [5.74, 6) is -0.531. The topological polar surface area (TPSA) is 62.9 Å². The monoisotopic (exact) mass is 509 g/mol. The Kier molecular flexibility index (Phi) is 7.81. The first-order valence-corrected chi connectivity index (χ1v) is 13.0. The maximum absolute atomic E-state index is 13.6. The number of halogens is 2. The van der Waals surface area contributed by atoms with Crippen LogP contribution >= 0.6 is 0 Å². The van der Waals surface area contributed by atoms with Crippen LogP contribution in [-0.4, -0.2) is 102 Å². The van der Waals surface area contributed by atoms with Gasteiger partial charge in [-0.1, -0.05) is 0 Å². The summed E-state index contributed by atoms with van der Waals surface area (Å²) in [5.41, 5.74) is 2.59. The van der Waals surface area contributed by atoms with Crippen molar-refractivity contribution in [2.75, 3.05) is 65.4 Å². The number of fused-ring (bicyclic) bond motifs is 1. The van der Waals surface area contributed by atoms with Crippen molar-refractivity contribution in [1.82, 2.24) is 24.6 Å². The molecule has 0 unspecified atom stereocenters. The molecule has 9 heteroatoms. The van der Waals surface area contributed by atoms with Gasteiger partial charge in [0.25, 0.3) is 5.91 Å². The molecule has 7 nitrogen and oxygen atoms in total. The zero-order valence-electron chi connectivity index (χ0n) is 21.0. The van der Waals surface area contributed by atoms with Gasteiger partial charge in [0.05, 0.1) is 6.54 Å². The molecule has 2 aliphatic heterocycles. The van der Waals surface area contributed by atoms with Gasteiger partial charge in [0.1, 0.15) is 11.6 Å². The number of aryl methyl sites for hydroxylation is 1. The molecule has 2 saturated heterocycles. The van der Waals surface area contributed by atoms with E-state index in [0.29, 0.717) is 38.3 Å². The van der Waals surface area contributed by atoms with Gasteiger partial charge in [-0.15, -0.1) is 0 Å². The highest BCUT2D eigenvalue weighted by Gasteiger charge is 2.26. The number of benzene rings is 2. The third-order valence-electron chi connectivity index (χ3n) is 7.48. The van der Waals surface area contributed by atoms with Crippen molar-refractivity contribution in [1.29, 1.82) is 0 Å². The Morgan fingerprint density at radius 2 is 1.43 bits per heavy atom. The van der Waals surface area contributed by atoms with Gasteiger partial charge in [-0.3, -0.25) is 19.4 Å². The van der Waals surface area contributed by atoms with Crippen LogP contribution in [0.1, 0.15) is 22.3 Å². The minimum absolute atomic E-state index is 0.0982. The first-order chi connectivity index (χ1) is 18.0. The Bertz CT molecular complexity index is 1230. The lowest BCUT2D eigenvalue weighted by Crippen LogP contribution is -2.54. The fourth-order valence-corrected chi connectivity index (χ4v) is 5.25. The largest absolute Gasteiger partial charge is 0.361 e. The standard InChI is InChI=1S/C28H33F2N5O2/c29-23-5-3-21(4-6-23)28(37)35-16-12-33(13-17-35)20-27(36)34-14-10-32(11-15-34)9-1-2-22-19-31-26-8-7-24(30)18-25(22)26/h3-8,18-19,31H,1-2,9-17,20H2. The number of nitrogens with one attached hydrogen (secondary N) is 1. The van der Waals surface area contributed by atoms with Crippen molar-refractivity contribution in [3.63, 3.8) is 0 Å². The molecule has 0 bridgehead atoms. The lowest BCUT2D eigenvalue weighted by Gasteiger charge is -2.38. The van der Waals surface area contributed by atoms with E-state index >= 15 is 0 Å². The van der Waals surface area contributed by atoms with E-state index in [-0.39, 0.29) is 23.4 Å². The number of aromatic amines is 1. The number of piperazine rings is 2. The second-order valence-corrected chi connectivity index (χ2v) is 9.91. The summed E-state index contributed by atoms with van der Waals surface area (Å²) in [6.07, 6.45) is 3.84. The summed E-state index contributed by atoms with van der Waals surface area (Å²) < 4.78 is 26.7. The van der Waals surface area contributed by atoms with E-state index in [4.69, 9.17) is 0 Å². The maximum atomic E-state index is 13.6. The highest BCUT2D eigenvalue weighted by Crippen LogP contribution is 2.21. The first kappa shape index (κ1) is 25.4. The number of H-pyrrole nitrogens is 1. The Labute approximate surface area is 215 Å². The maximum Gasteiger partial charge on any atom is 0.253 e. The normalized spacial score (nSPS) is 17.5. The van der Waals surface area contributed by atoms with Gasteiger partial charge < -0.3 is 14.8 Å². The summed E-state index contributed by atoms with van der Waals surface area (Å²) in [6.45, 7) is 6.89. The summed E-state index contributed by atoms with van der Waals surface area (Å²) in [6, 6.07) is 10.5. The van der Waals surface area contributed by atoms with Gasteiger partial charge in [0, 0.05) is 75.0 Å². The molecule has 2 amide bonds. The molecular weight excluding hydrogens is 476 g/mol. The molecule has 2 aliphatic rings. The van der Waals surface area contributed by atoms with Gasteiger partial charge in [-0.2, -0.15) is 0 Å². The second-order valence-electron chi connectivity index (χ2n) is 9.91. The Balaban J connectivity index is 1.01. The van der Waals surface area contributed by atoms with Gasteiger partial charge in [0.15, 0.2) is 0 Å².